The lowest BCUT2D eigenvalue weighted by atomic mass is 9.80. The molecule has 4 fully saturated rings. The number of aliphatic hydroxyl groups is 8. The molecule has 12 atom stereocenters. The number of nitrogens with one attached hydrogen (secondary N) is 2. The van der Waals surface area contributed by atoms with Crippen LogP contribution in [0.15, 0.2) is 30.1 Å². The first-order chi connectivity index (χ1) is 18.5. The lowest BCUT2D eigenvalue weighted by molar-refractivity contribution is -0.290. The van der Waals surface area contributed by atoms with Crippen LogP contribution in [0.2, 0.25) is 0 Å². The first-order valence-corrected chi connectivity index (χ1v) is 12.8. The minimum atomic E-state index is -1.61. The summed E-state index contributed by atoms with van der Waals surface area (Å²) >= 11 is 0. The lowest BCUT2D eigenvalue weighted by Gasteiger charge is -2.47. The molecule has 2 saturated carbocycles. The molecule has 3 aliphatic heterocycles. The summed E-state index contributed by atoms with van der Waals surface area (Å²) in [7, 11) is 0. The Hall–Kier alpha value is -2.53. The van der Waals surface area contributed by atoms with Crippen LogP contribution >= 0.6 is 0 Å². The van der Waals surface area contributed by atoms with Gasteiger partial charge in [-0.15, -0.1) is 0 Å². The van der Waals surface area contributed by atoms with E-state index in [2.05, 4.69) is 10.6 Å². The van der Waals surface area contributed by atoms with Gasteiger partial charge in [-0.05, 0) is 24.1 Å². The average Bonchev–Trinajstić information content (AvgIpc) is 3.77. The van der Waals surface area contributed by atoms with E-state index in [1.165, 1.54) is 0 Å². The third-order valence-corrected chi connectivity index (χ3v) is 8.62. The Morgan fingerprint density at radius 3 is 2.08 bits per heavy atom. The number of ether oxygens (including phenoxy) is 3. The van der Waals surface area contributed by atoms with Crippen molar-refractivity contribution < 1.29 is 59.9 Å². The number of carbonyl (C=O) groups is 1. The highest BCUT2D eigenvalue weighted by Crippen LogP contribution is 2.53. The number of carbonyl (C=O) groups excluding carboxylic acids is 1. The first-order valence-electron chi connectivity index (χ1n) is 12.8. The van der Waals surface area contributed by atoms with Crippen molar-refractivity contribution in [2.24, 2.45) is 5.92 Å². The van der Waals surface area contributed by atoms with E-state index >= 15 is 0 Å². The van der Waals surface area contributed by atoms with Gasteiger partial charge >= 0.3 is 6.03 Å². The molecule has 14 nitrogen and oxygen atoms in total. The van der Waals surface area contributed by atoms with Gasteiger partial charge in [0.1, 0.15) is 41.4 Å². The van der Waals surface area contributed by atoms with Gasteiger partial charge in [0.2, 0.25) is 6.29 Å². The number of amides is 2. The van der Waals surface area contributed by atoms with Crippen molar-refractivity contribution in [3.05, 3.63) is 35.7 Å². The summed E-state index contributed by atoms with van der Waals surface area (Å²) in [6.45, 7) is 0.113. The maximum absolute atomic E-state index is 11.3. The fourth-order valence-corrected chi connectivity index (χ4v) is 6.00. The maximum atomic E-state index is 11.3. The first kappa shape index (κ1) is 26.7. The van der Waals surface area contributed by atoms with Gasteiger partial charge in [-0.3, -0.25) is 5.32 Å². The van der Waals surface area contributed by atoms with Gasteiger partial charge in [0, 0.05) is 24.3 Å². The van der Waals surface area contributed by atoms with Crippen LogP contribution in [-0.2, 0) is 9.47 Å². The maximum Gasteiger partial charge on any atom is 0.321 e. The minimum absolute atomic E-state index is 0.0643. The van der Waals surface area contributed by atoms with E-state index in [0.717, 1.165) is 0 Å². The second-order valence-electron chi connectivity index (χ2n) is 11.0. The molecule has 6 rings (SSSR count). The molecule has 5 aliphatic rings. The van der Waals surface area contributed by atoms with E-state index in [9.17, 15) is 45.6 Å². The highest BCUT2D eigenvalue weighted by atomic mass is 16.7. The zero-order valence-electron chi connectivity index (χ0n) is 20.6. The Kier molecular flexibility index (Phi) is 6.33. The summed E-state index contributed by atoms with van der Waals surface area (Å²) < 4.78 is 17.5. The topological polar surface area (TPSA) is 231 Å². The fourth-order valence-electron chi connectivity index (χ4n) is 6.00. The molecule has 3 heterocycles. The van der Waals surface area contributed by atoms with Crippen molar-refractivity contribution in [1.82, 2.24) is 10.6 Å². The van der Waals surface area contributed by atoms with Gasteiger partial charge in [-0.1, -0.05) is 12.1 Å². The summed E-state index contributed by atoms with van der Waals surface area (Å²) in [6, 6.07) is 5.85. The molecule has 0 aromatic heterocycles. The average molecular weight is 553 g/mol. The molecule has 2 amide bonds. The highest BCUT2D eigenvalue weighted by molar-refractivity contribution is 5.84. The summed E-state index contributed by atoms with van der Waals surface area (Å²) in [6.07, 6.45) is -12.1. The zero-order valence-corrected chi connectivity index (χ0v) is 20.6. The largest absolute Gasteiger partial charge is 0.494 e. The Bertz CT molecular complexity index is 1160. The summed E-state index contributed by atoms with van der Waals surface area (Å²) in [5.74, 6) is -1.04. The van der Waals surface area contributed by atoms with E-state index in [4.69, 9.17) is 14.2 Å². The van der Waals surface area contributed by atoms with Crippen LogP contribution in [0.1, 0.15) is 24.8 Å². The Balaban J connectivity index is 1.20. The second kappa shape index (κ2) is 9.26. The Morgan fingerprint density at radius 2 is 1.49 bits per heavy atom. The summed E-state index contributed by atoms with van der Waals surface area (Å²) in [5.41, 5.74) is -1.79. The van der Waals surface area contributed by atoms with Crippen LogP contribution in [-0.4, -0.2) is 120 Å². The smallest absolute Gasteiger partial charge is 0.321 e. The number of benzene rings is 1. The standard InChI is InChI=1S/C25H32N2O12/c28-14-6-24(14)19(33)11(5-13-17(31)18(32)20(34)25(38-13)7-15(25)29)16(30)22(39-24)37-10-3-1-9(2-4-10)12-8-26-23(36)27-21(12)35/h1-4,11,13-20,22,28-35H,5-8H2,(H2,26,27,36)/t11-,13-,14?,15?,16+,17-,18-,19+,20+,22+,24?,25?/m1/s1. The van der Waals surface area contributed by atoms with Crippen LogP contribution in [0.3, 0.4) is 0 Å². The van der Waals surface area contributed by atoms with Crippen molar-refractivity contribution in [3.8, 4) is 5.75 Å². The van der Waals surface area contributed by atoms with E-state index in [1.807, 2.05) is 0 Å². The highest BCUT2D eigenvalue weighted by Gasteiger charge is 2.70. The van der Waals surface area contributed by atoms with Gasteiger partial charge < -0.3 is 60.4 Å². The zero-order chi connectivity index (χ0) is 27.9. The van der Waals surface area contributed by atoms with Gasteiger partial charge in [0.15, 0.2) is 5.88 Å². The predicted molar refractivity (Wildman–Crippen MR) is 128 cm³/mol. The number of rotatable bonds is 5. The quantitative estimate of drug-likeness (QED) is 0.178. The summed E-state index contributed by atoms with van der Waals surface area (Å²) in [5, 5.41) is 88.7. The Labute approximate surface area is 222 Å². The Morgan fingerprint density at radius 1 is 0.872 bits per heavy atom. The molecule has 0 radical (unpaired) electrons. The second-order valence-corrected chi connectivity index (χ2v) is 11.0. The number of urea groups is 1. The van der Waals surface area contributed by atoms with Gasteiger partial charge in [-0.2, -0.15) is 0 Å². The predicted octanol–water partition coefficient (Wildman–Crippen LogP) is -2.82. The molecule has 214 valence electrons. The molecule has 1 aromatic carbocycles. The van der Waals surface area contributed by atoms with Gasteiger partial charge in [-0.25, -0.2) is 4.79 Å². The minimum Gasteiger partial charge on any atom is -0.494 e. The molecule has 2 aliphatic carbocycles. The number of hydrogen-bond donors (Lipinski definition) is 10. The molecular formula is C25H32N2O12. The molecule has 4 unspecified atom stereocenters. The monoisotopic (exact) mass is 552 g/mol. The molecule has 1 aromatic rings. The van der Waals surface area contributed by atoms with Crippen LogP contribution in [0.5, 0.6) is 5.75 Å². The van der Waals surface area contributed by atoms with Gasteiger partial charge in [0.05, 0.1) is 31.0 Å². The molecule has 2 saturated heterocycles. The van der Waals surface area contributed by atoms with Crippen LogP contribution in [0.4, 0.5) is 4.79 Å². The molecule has 0 bridgehead atoms. The van der Waals surface area contributed by atoms with E-state index < -0.39 is 78.3 Å². The van der Waals surface area contributed by atoms with E-state index in [0.29, 0.717) is 11.1 Å². The van der Waals surface area contributed by atoms with E-state index in [-0.39, 0.29) is 37.4 Å². The van der Waals surface area contributed by atoms with Crippen LogP contribution in [0, 0.1) is 5.92 Å². The third kappa shape index (κ3) is 4.27. The normalized spacial score (nSPS) is 47.1. The molecule has 14 heteroatoms. The van der Waals surface area contributed by atoms with Crippen LogP contribution in [0.25, 0.3) is 5.57 Å². The number of aliphatic hydroxyl groups excluding tert-OH is 8. The fraction of sp³-hybridized carbons (Fsp3) is 0.640. The van der Waals surface area contributed by atoms with Crippen molar-refractivity contribution in [2.45, 2.75) is 85.6 Å². The SMILES string of the molecule is O=C1NCC(c2ccc(O[C@H]3OC4(CC4O)[C@@H](O)[C@H](C[C@H]4OC5(CC5O)[C@@H](O)[C@H](O)[C@@H]4O)[C@@H]3O)cc2)=C(O)N1. The number of hydrogen-bond acceptors (Lipinski definition) is 12. The van der Waals surface area contributed by atoms with Gasteiger partial charge in [0.25, 0.3) is 0 Å². The van der Waals surface area contributed by atoms with Crippen molar-refractivity contribution in [3.63, 3.8) is 0 Å². The van der Waals surface area contributed by atoms with E-state index in [1.54, 1.807) is 24.3 Å². The molecule has 39 heavy (non-hydrogen) atoms. The van der Waals surface area contributed by atoms with Crippen molar-refractivity contribution in [2.75, 3.05) is 6.54 Å². The molecule has 2 spiro atoms. The third-order valence-electron chi connectivity index (χ3n) is 8.62. The molecular weight excluding hydrogens is 520 g/mol. The van der Waals surface area contributed by atoms with Crippen molar-refractivity contribution >= 4 is 11.6 Å². The van der Waals surface area contributed by atoms with Crippen LogP contribution < -0.4 is 15.4 Å². The molecule has 10 N–H and O–H groups in total. The summed E-state index contributed by atoms with van der Waals surface area (Å²) in [4.78, 5) is 11.3. The lowest BCUT2D eigenvalue weighted by Crippen LogP contribution is -2.63. The van der Waals surface area contributed by atoms with Crippen molar-refractivity contribution in [1.29, 1.82) is 0 Å².